The van der Waals surface area contributed by atoms with Crippen LogP contribution < -0.4 is 4.31 Å². The Morgan fingerprint density at radius 2 is 1.86 bits per heavy atom. The first-order chi connectivity index (χ1) is 13.7. The molecule has 154 valence electrons. The van der Waals surface area contributed by atoms with E-state index in [0.29, 0.717) is 24.2 Å². The standard InChI is InChI=1S/C21H24N2O5S/c1-15-11-18-12-17(9-10-19(18)23(15)29(3,26)27)21(25)28-14-20(24)22(2)13-16-7-5-4-6-8-16/h4-10,12,15H,11,13-14H2,1-3H3/t15-/m1/s1. The van der Waals surface area contributed by atoms with Crippen molar-refractivity contribution in [3.8, 4) is 0 Å². The Balaban J connectivity index is 1.62. The van der Waals surface area contributed by atoms with Crippen molar-refractivity contribution >= 4 is 27.6 Å². The molecule has 0 spiro atoms. The van der Waals surface area contributed by atoms with E-state index in [2.05, 4.69) is 0 Å². The van der Waals surface area contributed by atoms with Gasteiger partial charge in [-0.1, -0.05) is 30.3 Å². The molecule has 0 saturated carbocycles. The van der Waals surface area contributed by atoms with Crippen LogP contribution in [0.5, 0.6) is 0 Å². The smallest absolute Gasteiger partial charge is 0.338 e. The number of sulfonamides is 1. The van der Waals surface area contributed by atoms with Gasteiger partial charge in [0.05, 0.1) is 17.5 Å². The molecule has 8 heteroatoms. The molecule has 1 aliphatic rings. The highest BCUT2D eigenvalue weighted by atomic mass is 32.2. The van der Waals surface area contributed by atoms with E-state index in [-0.39, 0.29) is 18.6 Å². The number of carbonyl (C=O) groups excluding carboxylic acids is 2. The molecule has 0 aliphatic carbocycles. The van der Waals surface area contributed by atoms with Crippen LogP contribution >= 0.6 is 0 Å². The van der Waals surface area contributed by atoms with E-state index in [1.165, 1.54) is 21.5 Å². The van der Waals surface area contributed by atoms with Gasteiger partial charge in [0.15, 0.2) is 6.61 Å². The van der Waals surface area contributed by atoms with Crippen molar-refractivity contribution in [2.24, 2.45) is 0 Å². The molecular weight excluding hydrogens is 392 g/mol. The molecule has 0 N–H and O–H groups in total. The average molecular weight is 416 g/mol. The maximum absolute atomic E-state index is 12.4. The summed E-state index contributed by atoms with van der Waals surface area (Å²) in [7, 11) is -1.74. The van der Waals surface area contributed by atoms with Gasteiger partial charge in [-0.05, 0) is 42.7 Å². The second-order valence-corrected chi connectivity index (χ2v) is 9.13. The Morgan fingerprint density at radius 3 is 2.52 bits per heavy atom. The van der Waals surface area contributed by atoms with Crippen LogP contribution in [-0.4, -0.2) is 51.1 Å². The largest absolute Gasteiger partial charge is 0.452 e. The van der Waals surface area contributed by atoms with Gasteiger partial charge >= 0.3 is 5.97 Å². The van der Waals surface area contributed by atoms with Gasteiger partial charge in [-0.2, -0.15) is 0 Å². The fourth-order valence-corrected chi connectivity index (χ4v) is 4.77. The zero-order valence-electron chi connectivity index (χ0n) is 16.7. The molecule has 0 unspecified atom stereocenters. The van der Waals surface area contributed by atoms with E-state index in [0.717, 1.165) is 11.1 Å². The topological polar surface area (TPSA) is 84.0 Å². The number of ether oxygens (including phenoxy) is 1. The molecule has 1 amide bonds. The molecule has 2 aromatic rings. The lowest BCUT2D eigenvalue weighted by atomic mass is 10.1. The summed E-state index contributed by atoms with van der Waals surface area (Å²) in [6.07, 6.45) is 1.68. The van der Waals surface area contributed by atoms with Crippen LogP contribution in [0.3, 0.4) is 0 Å². The van der Waals surface area contributed by atoms with E-state index >= 15 is 0 Å². The van der Waals surface area contributed by atoms with Gasteiger partial charge in [-0.15, -0.1) is 0 Å². The molecule has 1 atom stereocenters. The lowest BCUT2D eigenvalue weighted by Gasteiger charge is -2.21. The minimum absolute atomic E-state index is 0.209. The van der Waals surface area contributed by atoms with Crippen LogP contribution in [0.1, 0.15) is 28.4 Å². The number of fused-ring (bicyclic) bond motifs is 1. The number of amides is 1. The summed E-state index contributed by atoms with van der Waals surface area (Å²) < 4.78 is 30.5. The highest BCUT2D eigenvalue weighted by molar-refractivity contribution is 7.92. The Labute approximate surface area is 170 Å². The molecule has 0 saturated heterocycles. The first kappa shape index (κ1) is 20.9. The molecule has 0 fully saturated rings. The van der Waals surface area contributed by atoms with E-state index in [1.807, 2.05) is 37.3 Å². The summed E-state index contributed by atoms with van der Waals surface area (Å²) >= 11 is 0. The minimum Gasteiger partial charge on any atom is -0.452 e. The van der Waals surface area contributed by atoms with Gasteiger partial charge in [-0.25, -0.2) is 13.2 Å². The van der Waals surface area contributed by atoms with Crippen molar-refractivity contribution in [2.45, 2.75) is 25.9 Å². The van der Waals surface area contributed by atoms with Crippen molar-refractivity contribution < 1.29 is 22.7 Å². The van der Waals surface area contributed by atoms with Crippen molar-refractivity contribution in [3.05, 3.63) is 65.2 Å². The van der Waals surface area contributed by atoms with Gasteiger partial charge in [0.25, 0.3) is 5.91 Å². The molecule has 0 radical (unpaired) electrons. The molecule has 0 bridgehead atoms. The number of esters is 1. The number of nitrogens with zero attached hydrogens (tertiary/aromatic N) is 2. The van der Waals surface area contributed by atoms with Crippen LogP contribution in [0.25, 0.3) is 0 Å². The zero-order valence-corrected chi connectivity index (χ0v) is 17.5. The predicted molar refractivity (Wildman–Crippen MR) is 110 cm³/mol. The first-order valence-electron chi connectivity index (χ1n) is 9.24. The van der Waals surface area contributed by atoms with E-state index < -0.39 is 16.0 Å². The maximum Gasteiger partial charge on any atom is 0.338 e. The van der Waals surface area contributed by atoms with Crippen LogP contribution in [-0.2, 0) is 32.5 Å². The minimum atomic E-state index is -3.39. The molecule has 2 aromatic carbocycles. The lowest BCUT2D eigenvalue weighted by molar-refractivity contribution is -0.133. The number of anilines is 1. The predicted octanol–water partition coefficient (Wildman–Crippen LogP) is 2.21. The summed E-state index contributed by atoms with van der Waals surface area (Å²) in [5, 5.41) is 0. The average Bonchev–Trinajstić information content (AvgIpc) is 3.01. The van der Waals surface area contributed by atoms with Crippen LogP contribution in [0.2, 0.25) is 0 Å². The third-order valence-electron chi connectivity index (χ3n) is 4.84. The molecular formula is C21H24N2O5S. The lowest BCUT2D eigenvalue weighted by Crippen LogP contribution is -2.34. The molecule has 1 aliphatic heterocycles. The van der Waals surface area contributed by atoms with E-state index in [9.17, 15) is 18.0 Å². The van der Waals surface area contributed by atoms with Gasteiger partial charge in [0, 0.05) is 19.6 Å². The number of hydrogen-bond donors (Lipinski definition) is 0. The van der Waals surface area contributed by atoms with Gasteiger partial charge < -0.3 is 9.64 Å². The highest BCUT2D eigenvalue weighted by Crippen LogP contribution is 2.34. The molecule has 1 heterocycles. The number of benzene rings is 2. The number of likely N-dealkylation sites (N-methyl/N-ethyl adjacent to an activating group) is 1. The van der Waals surface area contributed by atoms with E-state index in [1.54, 1.807) is 19.2 Å². The molecule has 7 nitrogen and oxygen atoms in total. The summed E-state index contributed by atoms with van der Waals surface area (Å²) in [6, 6.07) is 14.1. The van der Waals surface area contributed by atoms with Gasteiger partial charge in [0.2, 0.25) is 10.0 Å². The first-order valence-corrected chi connectivity index (χ1v) is 11.1. The fraction of sp³-hybridized carbons (Fsp3) is 0.333. The third kappa shape index (κ3) is 4.76. The maximum atomic E-state index is 12.4. The van der Waals surface area contributed by atoms with E-state index in [4.69, 9.17) is 4.74 Å². The number of hydrogen-bond acceptors (Lipinski definition) is 5. The second kappa shape index (κ2) is 8.24. The van der Waals surface area contributed by atoms with Crippen molar-refractivity contribution in [1.82, 2.24) is 4.90 Å². The van der Waals surface area contributed by atoms with Crippen LogP contribution in [0.4, 0.5) is 5.69 Å². The van der Waals surface area contributed by atoms with Crippen molar-refractivity contribution in [2.75, 3.05) is 24.2 Å². The van der Waals surface area contributed by atoms with Crippen molar-refractivity contribution in [1.29, 1.82) is 0 Å². The molecule has 3 rings (SSSR count). The zero-order chi connectivity index (χ0) is 21.2. The fourth-order valence-electron chi connectivity index (χ4n) is 3.50. The summed E-state index contributed by atoms with van der Waals surface area (Å²) in [6.45, 7) is 1.89. The molecule has 29 heavy (non-hydrogen) atoms. The Morgan fingerprint density at radius 1 is 1.17 bits per heavy atom. The second-order valence-electron chi connectivity index (χ2n) is 7.27. The monoisotopic (exact) mass is 416 g/mol. The summed E-state index contributed by atoms with van der Waals surface area (Å²) in [4.78, 5) is 26.1. The van der Waals surface area contributed by atoms with Crippen LogP contribution in [0.15, 0.2) is 48.5 Å². The van der Waals surface area contributed by atoms with Gasteiger partial charge in [0.1, 0.15) is 0 Å². The summed E-state index contributed by atoms with van der Waals surface area (Å²) in [5.41, 5.74) is 2.63. The Kier molecular flexibility index (Phi) is 5.93. The Hall–Kier alpha value is -2.87. The SMILES string of the molecule is C[C@@H]1Cc2cc(C(=O)OCC(=O)N(C)Cc3ccccc3)ccc2N1S(C)(=O)=O. The third-order valence-corrected chi connectivity index (χ3v) is 6.11. The number of rotatable bonds is 6. The van der Waals surface area contributed by atoms with Crippen LogP contribution in [0, 0.1) is 0 Å². The van der Waals surface area contributed by atoms with Crippen molar-refractivity contribution in [3.63, 3.8) is 0 Å². The van der Waals surface area contributed by atoms with Gasteiger partial charge in [-0.3, -0.25) is 9.10 Å². The summed E-state index contributed by atoms with van der Waals surface area (Å²) in [5.74, 6) is -0.917. The molecule has 0 aromatic heterocycles. The normalized spacial score (nSPS) is 15.7. The Bertz CT molecular complexity index is 1020. The quantitative estimate of drug-likeness (QED) is 0.674. The highest BCUT2D eigenvalue weighted by Gasteiger charge is 2.33. The number of carbonyl (C=O) groups is 2.